The third-order valence-electron chi connectivity index (χ3n) is 4.38. The number of amides is 1. The molecule has 0 bridgehead atoms. The van der Waals surface area contributed by atoms with Crippen LogP contribution in [0.3, 0.4) is 0 Å². The van der Waals surface area contributed by atoms with Crippen molar-refractivity contribution in [3.63, 3.8) is 0 Å². The first kappa shape index (κ1) is 20.2. The molecule has 3 aromatic rings. The molecule has 0 radical (unpaired) electrons. The van der Waals surface area contributed by atoms with Gasteiger partial charge in [0.2, 0.25) is 0 Å². The van der Waals surface area contributed by atoms with Crippen molar-refractivity contribution >= 4 is 11.6 Å². The Kier molecular flexibility index (Phi) is 6.04. The summed E-state index contributed by atoms with van der Waals surface area (Å²) in [5.74, 6) is -0.567. The van der Waals surface area contributed by atoms with Crippen molar-refractivity contribution in [3.05, 3.63) is 70.8 Å². The van der Waals surface area contributed by atoms with E-state index in [0.717, 1.165) is 11.3 Å². The van der Waals surface area contributed by atoms with Crippen LogP contribution in [0, 0.1) is 0 Å². The van der Waals surface area contributed by atoms with E-state index in [1.807, 2.05) is 43.3 Å². The van der Waals surface area contributed by atoms with Gasteiger partial charge in [-0.3, -0.25) is 14.6 Å². The smallest absolute Gasteiger partial charge is 0.284 e. The van der Waals surface area contributed by atoms with Crippen LogP contribution in [-0.4, -0.2) is 52.5 Å². The van der Waals surface area contributed by atoms with E-state index >= 15 is 0 Å². The Bertz CT molecular complexity index is 1050. The van der Waals surface area contributed by atoms with Crippen LogP contribution in [0.15, 0.2) is 59.7 Å². The normalized spacial score (nSPS) is 11.7. The van der Waals surface area contributed by atoms with Crippen LogP contribution in [0.25, 0.3) is 16.9 Å². The Morgan fingerprint density at radius 3 is 2.55 bits per heavy atom. The van der Waals surface area contributed by atoms with E-state index < -0.39 is 17.5 Å². The van der Waals surface area contributed by atoms with Crippen LogP contribution in [0.5, 0.6) is 0 Å². The minimum absolute atomic E-state index is 0.0594. The summed E-state index contributed by atoms with van der Waals surface area (Å²) in [6, 6.07) is 12.0. The standard InChI is InChI=1S/C21H23N5O3/c1-14(13-27)23-20(28)18-11-19(15-6-8-16(9-7-15)25(2)3)24-26(21(18)29)17-5-4-10-22-12-17/h4-12,14,27H,13H2,1-3H3,(H,23,28). The quantitative estimate of drug-likeness (QED) is 0.658. The molecule has 150 valence electrons. The number of benzene rings is 1. The Morgan fingerprint density at radius 1 is 1.24 bits per heavy atom. The van der Waals surface area contributed by atoms with Gasteiger partial charge in [0.1, 0.15) is 5.56 Å². The van der Waals surface area contributed by atoms with Crippen LogP contribution in [0.2, 0.25) is 0 Å². The molecule has 1 unspecified atom stereocenters. The van der Waals surface area contributed by atoms with E-state index in [0.29, 0.717) is 11.4 Å². The zero-order valence-electron chi connectivity index (χ0n) is 16.5. The van der Waals surface area contributed by atoms with Gasteiger partial charge in [0.05, 0.1) is 24.2 Å². The Hall–Kier alpha value is -3.52. The van der Waals surface area contributed by atoms with Gasteiger partial charge in [0.25, 0.3) is 11.5 Å². The third kappa shape index (κ3) is 4.49. The molecule has 1 atom stereocenters. The topological polar surface area (TPSA) is 100 Å². The molecule has 2 N–H and O–H groups in total. The van der Waals surface area contributed by atoms with Gasteiger partial charge in [-0.05, 0) is 37.3 Å². The number of nitrogens with zero attached hydrogens (tertiary/aromatic N) is 4. The molecule has 0 spiro atoms. The van der Waals surface area contributed by atoms with Crippen LogP contribution in [-0.2, 0) is 0 Å². The van der Waals surface area contributed by atoms with Gasteiger partial charge in [0.15, 0.2) is 0 Å². The van der Waals surface area contributed by atoms with E-state index in [1.165, 1.54) is 16.9 Å². The SMILES string of the molecule is CC(CO)NC(=O)c1cc(-c2ccc(N(C)C)cc2)nn(-c2cccnc2)c1=O. The van der Waals surface area contributed by atoms with Crippen molar-refractivity contribution in [1.82, 2.24) is 20.1 Å². The second-order valence-corrected chi connectivity index (χ2v) is 6.87. The lowest BCUT2D eigenvalue weighted by atomic mass is 10.1. The van der Waals surface area contributed by atoms with Gasteiger partial charge in [-0.1, -0.05) is 12.1 Å². The average Bonchev–Trinajstić information content (AvgIpc) is 2.74. The van der Waals surface area contributed by atoms with Crippen molar-refractivity contribution in [2.75, 3.05) is 25.6 Å². The van der Waals surface area contributed by atoms with Gasteiger partial charge in [-0.25, -0.2) is 0 Å². The fraction of sp³-hybridized carbons (Fsp3) is 0.238. The first-order valence-corrected chi connectivity index (χ1v) is 9.15. The van der Waals surface area contributed by atoms with Crippen molar-refractivity contribution < 1.29 is 9.90 Å². The van der Waals surface area contributed by atoms with E-state index in [9.17, 15) is 14.7 Å². The summed E-state index contributed by atoms with van der Waals surface area (Å²) in [5.41, 5.74) is 2.08. The van der Waals surface area contributed by atoms with Crippen LogP contribution in [0.4, 0.5) is 5.69 Å². The highest BCUT2D eigenvalue weighted by Crippen LogP contribution is 2.21. The molecule has 0 saturated heterocycles. The van der Waals surface area contributed by atoms with Crippen LogP contribution in [0.1, 0.15) is 17.3 Å². The maximum Gasteiger partial charge on any atom is 0.284 e. The molecule has 0 saturated carbocycles. The van der Waals surface area contributed by atoms with Gasteiger partial charge >= 0.3 is 0 Å². The number of hydrogen-bond donors (Lipinski definition) is 2. The number of aromatic nitrogens is 3. The summed E-state index contributed by atoms with van der Waals surface area (Å²) in [7, 11) is 3.89. The molecule has 0 aliphatic heterocycles. The summed E-state index contributed by atoms with van der Waals surface area (Å²) < 4.78 is 1.17. The van der Waals surface area contributed by atoms with E-state index in [4.69, 9.17) is 0 Å². The van der Waals surface area contributed by atoms with Gasteiger partial charge in [-0.15, -0.1) is 0 Å². The molecule has 1 aromatic carbocycles. The molecule has 0 fully saturated rings. The number of anilines is 1. The number of rotatable bonds is 6. The number of hydrogen-bond acceptors (Lipinski definition) is 6. The van der Waals surface area contributed by atoms with E-state index in [-0.39, 0.29) is 12.2 Å². The number of carbonyl (C=O) groups is 1. The monoisotopic (exact) mass is 393 g/mol. The largest absolute Gasteiger partial charge is 0.394 e. The number of aliphatic hydroxyl groups is 1. The molecule has 2 aromatic heterocycles. The van der Waals surface area contributed by atoms with Crippen molar-refractivity contribution in [2.24, 2.45) is 0 Å². The predicted octanol–water partition coefficient (Wildman–Crippen LogP) is 1.47. The zero-order valence-corrected chi connectivity index (χ0v) is 16.5. The lowest BCUT2D eigenvalue weighted by molar-refractivity contribution is 0.0920. The molecule has 8 nitrogen and oxygen atoms in total. The van der Waals surface area contributed by atoms with Gasteiger partial charge < -0.3 is 15.3 Å². The fourth-order valence-electron chi connectivity index (χ4n) is 2.73. The highest BCUT2D eigenvalue weighted by molar-refractivity contribution is 5.95. The summed E-state index contributed by atoms with van der Waals surface area (Å²) in [6.45, 7) is 1.42. The number of aliphatic hydroxyl groups excluding tert-OH is 1. The Balaban J connectivity index is 2.14. The fourth-order valence-corrected chi connectivity index (χ4v) is 2.73. The maximum atomic E-state index is 13.0. The summed E-state index contributed by atoms with van der Waals surface area (Å²) in [5, 5.41) is 16.3. The third-order valence-corrected chi connectivity index (χ3v) is 4.38. The number of pyridine rings is 1. The summed E-state index contributed by atoms with van der Waals surface area (Å²) >= 11 is 0. The lowest BCUT2D eigenvalue weighted by Crippen LogP contribution is -2.39. The summed E-state index contributed by atoms with van der Waals surface area (Å²) in [4.78, 5) is 31.6. The molecule has 0 aliphatic rings. The first-order chi connectivity index (χ1) is 13.9. The summed E-state index contributed by atoms with van der Waals surface area (Å²) in [6.07, 6.45) is 3.10. The molecule has 0 aliphatic carbocycles. The molecule has 8 heteroatoms. The molecule has 2 heterocycles. The second kappa shape index (κ2) is 8.66. The highest BCUT2D eigenvalue weighted by atomic mass is 16.3. The molecule has 29 heavy (non-hydrogen) atoms. The van der Waals surface area contributed by atoms with Gasteiger partial charge in [0, 0.05) is 37.6 Å². The minimum atomic E-state index is -0.567. The van der Waals surface area contributed by atoms with Crippen molar-refractivity contribution in [1.29, 1.82) is 0 Å². The van der Waals surface area contributed by atoms with E-state index in [1.54, 1.807) is 25.3 Å². The van der Waals surface area contributed by atoms with Crippen molar-refractivity contribution in [3.8, 4) is 16.9 Å². The van der Waals surface area contributed by atoms with Crippen molar-refractivity contribution in [2.45, 2.75) is 13.0 Å². The Labute approximate surface area is 168 Å². The van der Waals surface area contributed by atoms with E-state index in [2.05, 4.69) is 15.4 Å². The number of nitrogens with one attached hydrogen (secondary N) is 1. The zero-order chi connectivity index (χ0) is 21.0. The molecular formula is C21H23N5O3. The van der Waals surface area contributed by atoms with Gasteiger partial charge in [-0.2, -0.15) is 9.78 Å². The molecule has 1 amide bonds. The maximum absolute atomic E-state index is 13.0. The average molecular weight is 393 g/mol. The van der Waals surface area contributed by atoms with Crippen LogP contribution < -0.4 is 15.8 Å². The molecule has 3 rings (SSSR count). The molecular weight excluding hydrogens is 370 g/mol. The highest BCUT2D eigenvalue weighted by Gasteiger charge is 2.19. The first-order valence-electron chi connectivity index (χ1n) is 9.15. The predicted molar refractivity (Wildman–Crippen MR) is 111 cm³/mol. The van der Waals surface area contributed by atoms with Crippen LogP contribution >= 0.6 is 0 Å². The Morgan fingerprint density at radius 2 is 1.97 bits per heavy atom. The number of carbonyl (C=O) groups excluding carboxylic acids is 1. The minimum Gasteiger partial charge on any atom is -0.394 e. The lowest BCUT2D eigenvalue weighted by Gasteiger charge is -2.15. The second-order valence-electron chi connectivity index (χ2n) is 6.87.